The first kappa shape index (κ1) is 23.1. The maximum absolute atomic E-state index is 12.8. The highest BCUT2D eigenvalue weighted by molar-refractivity contribution is 7.99. The molecule has 1 heterocycles. The van der Waals surface area contributed by atoms with Crippen LogP contribution in [0.15, 0.2) is 78.0 Å². The van der Waals surface area contributed by atoms with Crippen LogP contribution in [0.25, 0.3) is 16.7 Å². The summed E-state index contributed by atoms with van der Waals surface area (Å²) in [5.74, 6) is -1.56. The number of carbonyl (C=O) groups is 3. The molecule has 0 aliphatic carbocycles. The van der Waals surface area contributed by atoms with Crippen LogP contribution in [0.5, 0.6) is 0 Å². The number of fused-ring (bicyclic) bond motifs is 1. The van der Waals surface area contributed by atoms with E-state index < -0.39 is 11.9 Å². The molecule has 0 unspecified atom stereocenters. The number of amides is 1. The molecular formula is C25H21N3O5S. The van der Waals surface area contributed by atoms with Gasteiger partial charge in [0, 0.05) is 5.69 Å². The number of rotatable bonds is 7. The van der Waals surface area contributed by atoms with E-state index in [0.29, 0.717) is 5.16 Å². The molecule has 0 atom stereocenters. The second-order valence-electron chi connectivity index (χ2n) is 7.13. The van der Waals surface area contributed by atoms with Crippen molar-refractivity contribution >= 4 is 46.3 Å². The summed E-state index contributed by atoms with van der Waals surface area (Å²) in [6, 6.07) is 21.7. The summed E-state index contributed by atoms with van der Waals surface area (Å²) in [5.41, 5.74) is 3.16. The molecule has 1 aromatic heterocycles. The monoisotopic (exact) mass is 475 g/mol. The summed E-state index contributed by atoms with van der Waals surface area (Å²) in [4.78, 5) is 41.6. The number of para-hydroxylation sites is 3. The van der Waals surface area contributed by atoms with Crippen molar-refractivity contribution < 1.29 is 23.9 Å². The average molecular weight is 476 g/mol. The normalized spacial score (nSPS) is 10.6. The van der Waals surface area contributed by atoms with Gasteiger partial charge in [0.05, 0.1) is 47.8 Å². The number of carbonyl (C=O) groups excluding carboxylic acids is 3. The summed E-state index contributed by atoms with van der Waals surface area (Å²) in [6.45, 7) is 0. The zero-order valence-electron chi connectivity index (χ0n) is 18.5. The molecule has 0 aliphatic heterocycles. The van der Waals surface area contributed by atoms with Crippen molar-refractivity contribution in [1.29, 1.82) is 0 Å². The predicted molar refractivity (Wildman–Crippen MR) is 130 cm³/mol. The van der Waals surface area contributed by atoms with E-state index in [0.717, 1.165) is 16.7 Å². The molecule has 1 N–H and O–H groups in total. The SMILES string of the molecule is COC(=O)c1ccc(C(=O)OC)c(NC(=O)CSc2nc3ccccc3n2-c2ccccc2)c1. The fraction of sp³-hybridized carbons (Fsp3) is 0.120. The van der Waals surface area contributed by atoms with E-state index in [9.17, 15) is 14.4 Å². The second kappa shape index (κ2) is 10.2. The molecule has 1 amide bonds. The van der Waals surface area contributed by atoms with Crippen molar-refractivity contribution in [3.8, 4) is 5.69 Å². The summed E-state index contributed by atoms with van der Waals surface area (Å²) in [5, 5.41) is 3.35. The Morgan fingerprint density at radius 2 is 1.62 bits per heavy atom. The molecule has 172 valence electrons. The molecule has 9 heteroatoms. The highest BCUT2D eigenvalue weighted by Gasteiger charge is 2.19. The third-order valence-electron chi connectivity index (χ3n) is 5.00. The van der Waals surface area contributed by atoms with Gasteiger partial charge in [0.2, 0.25) is 5.91 Å². The molecule has 0 aliphatic rings. The van der Waals surface area contributed by atoms with E-state index in [4.69, 9.17) is 9.47 Å². The van der Waals surface area contributed by atoms with Crippen molar-refractivity contribution in [2.45, 2.75) is 5.16 Å². The number of hydrogen-bond acceptors (Lipinski definition) is 7. The van der Waals surface area contributed by atoms with Crippen LogP contribution in [0.4, 0.5) is 5.69 Å². The van der Waals surface area contributed by atoms with Gasteiger partial charge >= 0.3 is 11.9 Å². The Hall–Kier alpha value is -4.11. The average Bonchev–Trinajstić information content (AvgIpc) is 3.25. The number of nitrogens with one attached hydrogen (secondary N) is 1. The van der Waals surface area contributed by atoms with Crippen molar-refractivity contribution in [1.82, 2.24) is 9.55 Å². The maximum atomic E-state index is 12.8. The number of methoxy groups -OCH3 is 2. The lowest BCUT2D eigenvalue weighted by Crippen LogP contribution is -2.18. The molecule has 0 saturated heterocycles. The molecule has 34 heavy (non-hydrogen) atoms. The van der Waals surface area contributed by atoms with E-state index in [2.05, 4.69) is 10.3 Å². The molecule has 0 saturated carbocycles. The van der Waals surface area contributed by atoms with Crippen LogP contribution in [-0.4, -0.2) is 47.4 Å². The Labute approximate surface area is 199 Å². The van der Waals surface area contributed by atoms with Crippen LogP contribution in [0.1, 0.15) is 20.7 Å². The highest BCUT2D eigenvalue weighted by atomic mass is 32.2. The van der Waals surface area contributed by atoms with Gasteiger partial charge < -0.3 is 14.8 Å². The third-order valence-corrected chi connectivity index (χ3v) is 5.94. The topological polar surface area (TPSA) is 99.5 Å². The zero-order chi connectivity index (χ0) is 24.1. The lowest BCUT2D eigenvalue weighted by atomic mass is 10.1. The molecule has 0 spiro atoms. The molecular weight excluding hydrogens is 454 g/mol. The minimum absolute atomic E-state index is 0.0270. The largest absolute Gasteiger partial charge is 0.465 e. The fourth-order valence-electron chi connectivity index (χ4n) is 3.42. The van der Waals surface area contributed by atoms with E-state index >= 15 is 0 Å². The third kappa shape index (κ3) is 4.79. The lowest BCUT2D eigenvalue weighted by Gasteiger charge is -2.12. The Morgan fingerprint density at radius 1 is 0.912 bits per heavy atom. The van der Waals surface area contributed by atoms with Gasteiger partial charge in [0.1, 0.15) is 0 Å². The van der Waals surface area contributed by atoms with Crippen LogP contribution in [-0.2, 0) is 14.3 Å². The van der Waals surface area contributed by atoms with Crippen LogP contribution in [0.2, 0.25) is 0 Å². The van der Waals surface area contributed by atoms with E-state index in [1.54, 1.807) is 0 Å². The zero-order valence-corrected chi connectivity index (χ0v) is 19.3. The number of ether oxygens (including phenoxy) is 2. The lowest BCUT2D eigenvalue weighted by molar-refractivity contribution is -0.113. The number of hydrogen-bond donors (Lipinski definition) is 1. The summed E-state index contributed by atoms with van der Waals surface area (Å²) >= 11 is 1.26. The Balaban J connectivity index is 1.59. The highest BCUT2D eigenvalue weighted by Crippen LogP contribution is 2.28. The van der Waals surface area contributed by atoms with Gasteiger partial charge in [-0.2, -0.15) is 0 Å². The van der Waals surface area contributed by atoms with Gasteiger partial charge in [-0.05, 0) is 42.5 Å². The van der Waals surface area contributed by atoms with Crippen LogP contribution in [0.3, 0.4) is 0 Å². The van der Waals surface area contributed by atoms with Crippen LogP contribution < -0.4 is 5.32 Å². The predicted octanol–water partition coefficient (Wildman–Crippen LogP) is 4.33. The molecule has 4 rings (SSSR count). The second-order valence-corrected chi connectivity index (χ2v) is 8.08. The van der Waals surface area contributed by atoms with Crippen molar-refractivity contribution in [2.24, 2.45) is 0 Å². The Kier molecular flexibility index (Phi) is 6.93. The van der Waals surface area contributed by atoms with E-state index in [1.165, 1.54) is 44.2 Å². The van der Waals surface area contributed by atoms with Gasteiger partial charge in [0.15, 0.2) is 5.16 Å². The fourth-order valence-corrected chi connectivity index (χ4v) is 4.25. The summed E-state index contributed by atoms with van der Waals surface area (Å²) < 4.78 is 11.5. The van der Waals surface area contributed by atoms with E-state index in [1.807, 2.05) is 59.2 Å². The van der Waals surface area contributed by atoms with E-state index in [-0.39, 0.29) is 28.5 Å². The van der Waals surface area contributed by atoms with Crippen LogP contribution >= 0.6 is 11.8 Å². The molecule has 0 bridgehead atoms. The minimum Gasteiger partial charge on any atom is -0.465 e. The van der Waals surface area contributed by atoms with Crippen molar-refractivity contribution in [3.05, 3.63) is 83.9 Å². The molecule has 3 aromatic carbocycles. The Morgan fingerprint density at radius 3 is 2.35 bits per heavy atom. The van der Waals surface area contributed by atoms with Gasteiger partial charge in [0.25, 0.3) is 0 Å². The van der Waals surface area contributed by atoms with Gasteiger partial charge in [-0.25, -0.2) is 14.6 Å². The van der Waals surface area contributed by atoms with Crippen LogP contribution in [0, 0.1) is 0 Å². The maximum Gasteiger partial charge on any atom is 0.339 e. The quantitative estimate of drug-likeness (QED) is 0.314. The minimum atomic E-state index is -0.634. The summed E-state index contributed by atoms with van der Waals surface area (Å²) in [7, 11) is 2.50. The van der Waals surface area contributed by atoms with Crippen molar-refractivity contribution in [3.63, 3.8) is 0 Å². The standard InChI is InChI=1S/C25H21N3O5S/c1-32-23(30)16-12-13-18(24(31)33-2)20(14-16)26-22(29)15-34-25-27-19-10-6-7-11-21(19)28(25)17-8-4-3-5-9-17/h3-14H,15H2,1-2H3,(H,26,29). The number of esters is 2. The Bertz CT molecular complexity index is 1370. The van der Waals surface area contributed by atoms with Gasteiger partial charge in [-0.1, -0.05) is 42.1 Å². The number of imidazole rings is 1. The number of benzene rings is 3. The first-order valence-electron chi connectivity index (χ1n) is 10.3. The number of nitrogens with zero attached hydrogens (tertiary/aromatic N) is 2. The molecule has 8 nitrogen and oxygen atoms in total. The molecule has 4 aromatic rings. The van der Waals surface area contributed by atoms with Crippen molar-refractivity contribution in [2.75, 3.05) is 25.3 Å². The molecule has 0 fully saturated rings. The summed E-state index contributed by atoms with van der Waals surface area (Å²) in [6.07, 6.45) is 0. The first-order valence-corrected chi connectivity index (χ1v) is 11.3. The number of anilines is 1. The number of thioether (sulfide) groups is 1. The van der Waals surface area contributed by atoms with Gasteiger partial charge in [-0.15, -0.1) is 0 Å². The van der Waals surface area contributed by atoms with Gasteiger partial charge in [-0.3, -0.25) is 9.36 Å². The smallest absolute Gasteiger partial charge is 0.339 e. The first-order chi connectivity index (χ1) is 16.5. The number of aromatic nitrogens is 2. The molecule has 0 radical (unpaired) electrons.